The van der Waals surface area contributed by atoms with Gasteiger partial charge in [0.1, 0.15) is 0 Å². The SMILES string of the molecule is COCCN(CCc1csc2nc(-c3ccc(Cl)cc3)cn12)C(=O)c1ccc(Cl)cc1. The summed E-state index contributed by atoms with van der Waals surface area (Å²) in [6, 6.07) is 14.6. The molecule has 0 N–H and O–H groups in total. The van der Waals surface area contributed by atoms with Gasteiger partial charge in [0, 0.05) is 65.1 Å². The molecule has 160 valence electrons. The summed E-state index contributed by atoms with van der Waals surface area (Å²) in [4.78, 5) is 20.5. The standard InChI is InChI=1S/C23H21Cl2N3O2S/c1-30-13-12-27(22(29)17-4-8-19(25)9-5-17)11-10-20-15-31-23-26-21(14-28(20)23)16-2-6-18(24)7-3-16/h2-9,14-15H,10-13H2,1H3. The zero-order valence-electron chi connectivity index (χ0n) is 16.9. The summed E-state index contributed by atoms with van der Waals surface area (Å²) in [5, 5.41) is 3.40. The van der Waals surface area contributed by atoms with Crippen molar-refractivity contribution in [1.29, 1.82) is 0 Å². The van der Waals surface area contributed by atoms with Gasteiger partial charge < -0.3 is 9.64 Å². The van der Waals surface area contributed by atoms with E-state index in [9.17, 15) is 4.79 Å². The van der Waals surface area contributed by atoms with Gasteiger partial charge in [-0.15, -0.1) is 11.3 Å². The van der Waals surface area contributed by atoms with Crippen LogP contribution in [-0.4, -0.2) is 47.0 Å². The first-order valence-corrected chi connectivity index (χ1v) is 11.4. The molecule has 0 saturated heterocycles. The van der Waals surface area contributed by atoms with Crippen molar-refractivity contribution >= 4 is 45.4 Å². The van der Waals surface area contributed by atoms with E-state index in [0.29, 0.717) is 41.7 Å². The lowest BCUT2D eigenvalue weighted by Crippen LogP contribution is -2.35. The Morgan fingerprint density at radius 1 is 1.06 bits per heavy atom. The Kier molecular flexibility index (Phi) is 6.92. The van der Waals surface area contributed by atoms with E-state index < -0.39 is 0 Å². The van der Waals surface area contributed by atoms with Crippen LogP contribution in [0, 0.1) is 0 Å². The number of amides is 1. The predicted octanol–water partition coefficient (Wildman–Crippen LogP) is 5.70. The molecule has 0 aliphatic heterocycles. The lowest BCUT2D eigenvalue weighted by molar-refractivity contribution is 0.0697. The number of carbonyl (C=O) groups is 1. The monoisotopic (exact) mass is 473 g/mol. The number of methoxy groups -OCH3 is 1. The number of benzene rings is 2. The van der Waals surface area contributed by atoms with E-state index in [1.54, 1.807) is 42.7 Å². The first-order chi connectivity index (χ1) is 15.0. The highest BCUT2D eigenvalue weighted by atomic mass is 35.5. The van der Waals surface area contributed by atoms with Gasteiger partial charge in [0.05, 0.1) is 12.3 Å². The van der Waals surface area contributed by atoms with Crippen molar-refractivity contribution < 1.29 is 9.53 Å². The Balaban J connectivity index is 1.51. The molecule has 0 aliphatic carbocycles. The summed E-state index contributed by atoms with van der Waals surface area (Å²) in [6.07, 6.45) is 2.74. The topological polar surface area (TPSA) is 46.8 Å². The van der Waals surface area contributed by atoms with E-state index in [-0.39, 0.29) is 5.91 Å². The van der Waals surface area contributed by atoms with Gasteiger partial charge in [-0.25, -0.2) is 4.98 Å². The van der Waals surface area contributed by atoms with Gasteiger partial charge in [-0.05, 0) is 36.4 Å². The number of rotatable bonds is 8. The van der Waals surface area contributed by atoms with Crippen molar-refractivity contribution in [3.8, 4) is 11.3 Å². The molecule has 0 radical (unpaired) electrons. The number of thiazole rings is 1. The van der Waals surface area contributed by atoms with Crippen LogP contribution >= 0.6 is 34.5 Å². The average molecular weight is 474 g/mol. The van der Waals surface area contributed by atoms with Gasteiger partial charge in [-0.2, -0.15) is 0 Å². The second-order valence-electron chi connectivity index (χ2n) is 7.05. The van der Waals surface area contributed by atoms with E-state index in [1.807, 2.05) is 35.4 Å². The third-order valence-electron chi connectivity index (χ3n) is 5.00. The molecule has 2 aromatic carbocycles. The fraction of sp³-hybridized carbons (Fsp3) is 0.217. The van der Waals surface area contributed by atoms with Crippen molar-refractivity contribution in [3.63, 3.8) is 0 Å². The Labute approximate surface area is 194 Å². The van der Waals surface area contributed by atoms with E-state index in [0.717, 1.165) is 21.9 Å². The van der Waals surface area contributed by atoms with Gasteiger partial charge in [-0.3, -0.25) is 9.20 Å². The molecule has 0 aliphatic rings. The molecule has 4 rings (SSSR count). The maximum absolute atomic E-state index is 13.0. The molecule has 0 atom stereocenters. The number of imidazole rings is 1. The number of hydrogen-bond acceptors (Lipinski definition) is 4. The maximum Gasteiger partial charge on any atom is 0.253 e. The molecule has 0 spiro atoms. The molecule has 0 bridgehead atoms. The summed E-state index contributed by atoms with van der Waals surface area (Å²) >= 11 is 13.5. The molecule has 8 heteroatoms. The third-order valence-corrected chi connectivity index (χ3v) is 6.40. The maximum atomic E-state index is 13.0. The number of hydrogen-bond donors (Lipinski definition) is 0. The second kappa shape index (κ2) is 9.83. The molecule has 2 heterocycles. The first kappa shape index (κ1) is 21.8. The van der Waals surface area contributed by atoms with Crippen LogP contribution in [0.25, 0.3) is 16.2 Å². The van der Waals surface area contributed by atoms with Crippen molar-refractivity contribution in [3.05, 3.63) is 81.4 Å². The van der Waals surface area contributed by atoms with Gasteiger partial charge in [-0.1, -0.05) is 35.3 Å². The molecular weight excluding hydrogens is 453 g/mol. The van der Waals surface area contributed by atoms with E-state index in [2.05, 4.69) is 9.78 Å². The van der Waals surface area contributed by atoms with Crippen LogP contribution in [0.3, 0.4) is 0 Å². The zero-order valence-corrected chi connectivity index (χ0v) is 19.3. The quantitative estimate of drug-likeness (QED) is 0.329. The zero-order chi connectivity index (χ0) is 21.8. The fourth-order valence-corrected chi connectivity index (χ4v) is 4.47. The molecule has 1 amide bonds. The van der Waals surface area contributed by atoms with Crippen LogP contribution in [0.1, 0.15) is 16.1 Å². The van der Waals surface area contributed by atoms with Crippen molar-refractivity contribution in [2.75, 3.05) is 26.8 Å². The lowest BCUT2D eigenvalue weighted by atomic mass is 10.2. The second-order valence-corrected chi connectivity index (χ2v) is 8.76. The molecule has 5 nitrogen and oxygen atoms in total. The van der Waals surface area contributed by atoms with E-state index >= 15 is 0 Å². The van der Waals surface area contributed by atoms with Crippen molar-refractivity contribution in [2.24, 2.45) is 0 Å². The Hall–Kier alpha value is -2.38. The largest absolute Gasteiger partial charge is 0.383 e. The summed E-state index contributed by atoms with van der Waals surface area (Å²) in [7, 11) is 1.64. The number of nitrogens with zero attached hydrogens (tertiary/aromatic N) is 3. The lowest BCUT2D eigenvalue weighted by Gasteiger charge is -2.22. The van der Waals surface area contributed by atoms with Gasteiger partial charge in [0.2, 0.25) is 0 Å². The molecule has 4 aromatic rings. The predicted molar refractivity (Wildman–Crippen MR) is 126 cm³/mol. The van der Waals surface area contributed by atoms with Gasteiger partial charge in [0.25, 0.3) is 5.91 Å². The molecule has 31 heavy (non-hydrogen) atoms. The van der Waals surface area contributed by atoms with E-state index in [1.165, 1.54) is 0 Å². The third kappa shape index (κ3) is 5.10. The number of halogens is 2. The Morgan fingerprint density at radius 2 is 1.74 bits per heavy atom. The van der Waals surface area contributed by atoms with Gasteiger partial charge >= 0.3 is 0 Å². The average Bonchev–Trinajstić information content (AvgIpc) is 3.36. The molecule has 0 fully saturated rings. The highest BCUT2D eigenvalue weighted by molar-refractivity contribution is 7.15. The minimum Gasteiger partial charge on any atom is -0.383 e. The summed E-state index contributed by atoms with van der Waals surface area (Å²) in [5.41, 5.74) is 3.65. The van der Waals surface area contributed by atoms with Crippen LogP contribution in [-0.2, 0) is 11.2 Å². The highest BCUT2D eigenvalue weighted by Gasteiger charge is 2.17. The fourth-order valence-electron chi connectivity index (χ4n) is 3.31. The minimum absolute atomic E-state index is 0.0346. The van der Waals surface area contributed by atoms with Crippen LogP contribution < -0.4 is 0 Å². The summed E-state index contributed by atoms with van der Waals surface area (Å²) in [5.74, 6) is -0.0346. The van der Waals surface area contributed by atoms with Crippen molar-refractivity contribution in [2.45, 2.75) is 6.42 Å². The van der Waals surface area contributed by atoms with Crippen LogP contribution in [0.5, 0.6) is 0 Å². The van der Waals surface area contributed by atoms with Gasteiger partial charge in [0.15, 0.2) is 4.96 Å². The highest BCUT2D eigenvalue weighted by Crippen LogP contribution is 2.25. The van der Waals surface area contributed by atoms with Crippen LogP contribution in [0.2, 0.25) is 10.0 Å². The molecule has 2 aromatic heterocycles. The number of carbonyl (C=O) groups excluding carboxylic acids is 1. The smallest absolute Gasteiger partial charge is 0.253 e. The Morgan fingerprint density at radius 3 is 2.42 bits per heavy atom. The number of fused-ring (bicyclic) bond motifs is 1. The number of aromatic nitrogens is 2. The normalized spacial score (nSPS) is 11.2. The number of ether oxygens (including phenoxy) is 1. The molecule has 0 saturated carbocycles. The minimum atomic E-state index is -0.0346. The molecule has 0 unspecified atom stereocenters. The van der Waals surface area contributed by atoms with Crippen LogP contribution in [0.4, 0.5) is 0 Å². The van der Waals surface area contributed by atoms with E-state index in [4.69, 9.17) is 32.9 Å². The van der Waals surface area contributed by atoms with Crippen molar-refractivity contribution in [1.82, 2.24) is 14.3 Å². The summed E-state index contributed by atoms with van der Waals surface area (Å²) in [6.45, 7) is 1.57. The summed E-state index contributed by atoms with van der Waals surface area (Å²) < 4.78 is 7.30. The molecular formula is C23H21Cl2N3O2S. The first-order valence-electron chi connectivity index (χ1n) is 9.80. The Bertz CT molecular complexity index is 1170. The van der Waals surface area contributed by atoms with Crippen LogP contribution in [0.15, 0.2) is 60.1 Å².